The quantitative estimate of drug-likeness (QED) is 0.421. The molecule has 2 aromatic rings. The van der Waals surface area contributed by atoms with Crippen molar-refractivity contribution in [2.24, 2.45) is 11.3 Å². The zero-order valence-corrected chi connectivity index (χ0v) is 25.6. The lowest BCUT2D eigenvalue weighted by molar-refractivity contribution is -0.136. The molecule has 0 bridgehead atoms. The number of carbonyl (C=O) groups is 3. The van der Waals surface area contributed by atoms with Gasteiger partial charge in [-0.25, -0.2) is 0 Å². The topological polar surface area (TPSA) is 108 Å². The lowest BCUT2D eigenvalue weighted by atomic mass is 9.93. The smallest absolute Gasteiger partial charge is 0.227 e. The third-order valence-corrected chi connectivity index (χ3v) is 7.49. The van der Waals surface area contributed by atoms with Gasteiger partial charge < -0.3 is 29.7 Å². The van der Waals surface area contributed by atoms with Gasteiger partial charge in [0.25, 0.3) is 0 Å². The van der Waals surface area contributed by atoms with Gasteiger partial charge in [-0.3, -0.25) is 14.4 Å². The first-order valence-corrected chi connectivity index (χ1v) is 14.3. The molecule has 10 heteroatoms. The number of piperidine rings is 1. The van der Waals surface area contributed by atoms with E-state index in [9.17, 15) is 19.5 Å². The summed E-state index contributed by atoms with van der Waals surface area (Å²) in [7, 11) is 4.64. The minimum absolute atomic E-state index is 0.00220. The molecular formula is C31H42ClN3O6. The molecule has 0 radical (unpaired) electrons. The van der Waals surface area contributed by atoms with Gasteiger partial charge >= 0.3 is 0 Å². The summed E-state index contributed by atoms with van der Waals surface area (Å²) in [5.74, 6) is 0.411. The highest BCUT2D eigenvalue weighted by Crippen LogP contribution is 2.41. The molecule has 2 N–H and O–H groups in total. The van der Waals surface area contributed by atoms with Crippen LogP contribution in [0.5, 0.6) is 11.5 Å². The molecule has 9 nitrogen and oxygen atoms in total. The Balaban J connectivity index is 1.87. The van der Waals surface area contributed by atoms with E-state index in [1.54, 1.807) is 53.2 Å². The number of ether oxygens (including phenoxy) is 2. The van der Waals surface area contributed by atoms with Crippen LogP contribution in [0.3, 0.4) is 0 Å². The van der Waals surface area contributed by atoms with E-state index in [-0.39, 0.29) is 41.9 Å². The molecule has 1 aliphatic rings. The van der Waals surface area contributed by atoms with Gasteiger partial charge in [-0.05, 0) is 42.5 Å². The number of methoxy groups -OCH3 is 2. The monoisotopic (exact) mass is 587 g/mol. The van der Waals surface area contributed by atoms with Crippen molar-refractivity contribution < 1.29 is 29.0 Å². The second-order valence-electron chi connectivity index (χ2n) is 11.5. The van der Waals surface area contributed by atoms with Crippen molar-refractivity contribution in [2.75, 3.05) is 45.8 Å². The van der Waals surface area contributed by atoms with Crippen LogP contribution in [0.2, 0.25) is 5.02 Å². The first-order chi connectivity index (χ1) is 19.4. The molecule has 1 fully saturated rings. The minimum Gasteiger partial charge on any atom is -0.493 e. The SMILES string of the molecule is CNC(=O)C1CCN(C(=O)CCC(=O)N(CC(C)(C)C)c2ccc(Cl)cc2C(O)c2cccc(OC)c2OC)CC1. The third-order valence-electron chi connectivity index (χ3n) is 7.25. The van der Waals surface area contributed by atoms with Gasteiger partial charge in [-0.1, -0.05) is 44.5 Å². The minimum atomic E-state index is -1.17. The normalized spacial score (nSPS) is 14.8. The number of rotatable bonds is 10. The molecule has 1 saturated heterocycles. The first kappa shape index (κ1) is 32.2. The first-order valence-electron chi connectivity index (χ1n) is 13.9. The number of amides is 3. The van der Waals surface area contributed by atoms with Gasteiger partial charge in [-0.2, -0.15) is 0 Å². The molecule has 0 saturated carbocycles. The lowest BCUT2D eigenvalue weighted by Gasteiger charge is -2.33. The number of nitrogens with zero attached hydrogens (tertiary/aromatic N) is 2. The predicted molar refractivity (Wildman–Crippen MR) is 159 cm³/mol. The predicted octanol–water partition coefficient (Wildman–Crippen LogP) is 4.58. The van der Waals surface area contributed by atoms with Crippen LogP contribution in [0.25, 0.3) is 0 Å². The van der Waals surface area contributed by atoms with Crippen LogP contribution in [0.1, 0.15) is 63.7 Å². The number of para-hydroxylation sites is 1. The number of hydrogen-bond acceptors (Lipinski definition) is 6. The van der Waals surface area contributed by atoms with E-state index in [0.717, 1.165) is 0 Å². The van der Waals surface area contributed by atoms with Crippen molar-refractivity contribution >= 4 is 35.0 Å². The van der Waals surface area contributed by atoms with Crippen molar-refractivity contribution in [1.82, 2.24) is 10.2 Å². The van der Waals surface area contributed by atoms with Gasteiger partial charge in [0.1, 0.15) is 6.10 Å². The Labute approximate surface area is 247 Å². The molecule has 2 aromatic carbocycles. The number of nitrogens with one attached hydrogen (secondary N) is 1. The highest BCUT2D eigenvalue weighted by molar-refractivity contribution is 6.30. The molecule has 0 aromatic heterocycles. The highest BCUT2D eigenvalue weighted by Gasteiger charge is 2.30. The van der Waals surface area contributed by atoms with Gasteiger partial charge in [0.2, 0.25) is 17.7 Å². The molecule has 3 amide bonds. The summed E-state index contributed by atoms with van der Waals surface area (Å²) >= 11 is 6.38. The second-order valence-corrected chi connectivity index (χ2v) is 11.9. The van der Waals surface area contributed by atoms with Crippen molar-refractivity contribution in [3.8, 4) is 11.5 Å². The zero-order chi connectivity index (χ0) is 30.3. The number of likely N-dealkylation sites (tertiary alicyclic amines) is 1. The number of aliphatic hydroxyl groups excluding tert-OH is 1. The van der Waals surface area contributed by atoms with Crippen LogP contribution in [-0.2, 0) is 14.4 Å². The van der Waals surface area contributed by atoms with Crippen molar-refractivity contribution in [3.63, 3.8) is 0 Å². The fraction of sp³-hybridized carbons (Fsp3) is 0.516. The Hall–Kier alpha value is -3.30. The molecule has 1 unspecified atom stereocenters. The van der Waals surface area contributed by atoms with E-state index in [0.29, 0.717) is 65.8 Å². The Morgan fingerprint density at radius 2 is 1.76 bits per heavy atom. The molecule has 0 aliphatic carbocycles. The van der Waals surface area contributed by atoms with Crippen molar-refractivity contribution in [2.45, 2.75) is 52.6 Å². The number of aliphatic hydroxyl groups is 1. The van der Waals surface area contributed by atoms with E-state index in [1.807, 2.05) is 20.8 Å². The van der Waals surface area contributed by atoms with Crippen LogP contribution in [-0.4, -0.2) is 68.6 Å². The third kappa shape index (κ3) is 8.14. The molecule has 3 rings (SSSR count). The summed E-state index contributed by atoms with van der Waals surface area (Å²) in [6.07, 6.45) is 0.0988. The molecular weight excluding hydrogens is 546 g/mol. The summed E-state index contributed by atoms with van der Waals surface area (Å²) in [4.78, 5) is 42.0. The molecule has 0 spiro atoms. The van der Waals surface area contributed by atoms with Gasteiger partial charge in [-0.15, -0.1) is 0 Å². The molecule has 41 heavy (non-hydrogen) atoms. The van der Waals surface area contributed by atoms with Gasteiger partial charge in [0, 0.05) is 67.3 Å². The highest BCUT2D eigenvalue weighted by atomic mass is 35.5. The largest absolute Gasteiger partial charge is 0.493 e. The lowest BCUT2D eigenvalue weighted by Crippen LogP contribution is -2.43. The summed E-state index contributed by atoms with van der Waals surface area (Å²) in [6.45, 7) is 7.40. The number of hydrogen-bond donors (Lipinski definition) is 2. The second kappa shape index (κ2) is 14.0. The fourth-order valence-electron chi connectivity index (χ4n) is 5.17. The molecule has 1 aliphatic heterocycles. The van der Waals surface area contributed by atoms with Crippen LogP contribution in [0.4, 0.5) is 5.69 Å². The van der Waals surface area contributed by atoms with E-state index in [2.05, 4.69) is 5.32 Å². The Morgan fingerprint density at radius 3 is 2.34 bits per heavy atom. The molecule has 1 heterocycles. The van der Waals surface area contributed by atoms with Crippen LogP contribution >= 0.6 is 11.6 Å². The fourth-order valence-corrected chi connectivity index (χ4v) is 5.35. The summed E-state index contributed by atoms with van der Waals surface area (Å²) < 4.78 is 11.0. The van der Waals surface area contributed by atoms with Gasteiger partial charge in [0.15, 0.2) is 11.5 Å². The van der Waals surface area contributed by atoms with E-state index in [4.69, 9.17) is 21.1 Å². The Kier molecular flexibility index (Phi) is 11.0. The maximum atomic E-state index is 13.8. The van der Waals surface area contributed by atoms with Crippen LogP contribution < -0.4 is 19.7 Å². The number of carbonyl (C=O) groups excluding carboxylic acids is 3. The zero-order valence-electron chi connectivity index (χ0n) is 24.8. The average molecular weight is 588 g/mol. The Bertz CT molecular complexity index is 1240. The van der Waals surface area contributed by atoms with Gasteiger partial charge in [0.05, 0.1) is 14.2 Å². The maximum Gasteiger partial charge on any atom is 0.227 e. The van der Waals surface area contributed by atoms with Crippen LogP contribution in [0.15, 0.2) is 36.4 Å². The van der Waals surface area contributed by atoms with E-state index in [1.165, 1.54) is 14.2 Å². The molecule has 1 atom stereocenters. The Morgan fingerprint density at radius 1 is 1.07 bits per heavy atom. The number of anilines is 1. The number of benzene rings is 2. The van der Waals surface area contributed by atoms with Crippen molar-refractivity contribution in [3.05, 3.63) is 52.5 Å². The summed E-state index contributed by atoms with van der Waals surface area (Å²) in [6, 6.07) is 10.3. The van der Waals surface area contributed by atoms with Crippen LogP contribution in [0, 0.1) is 11.3 Å². The maximum absolute atomic E-state index is 13.8. The number of halogens is 1. The molecule has 224 valence electrons. The standard InChI is InChI=1S/C31H42ClN3O6/c1-31(2,3)19-35(27(37)13-12-26(36)34-16-14-20(15-17-34)30(39)33-4)24-11-10-21(32)18-23(24)28(38)22-8-7-9-25(40-5)29(22)41-6/h7-11,18,20,28,38H,12-17,19H2,1-6H3,(H,33,39). The van der Waals surface area contributed by atoms with E-state index < -0.39 is 6.10 Å². The summed E-state index contributed by atoms with van der Waals surface area (Å²) in [5, 5.41) is 14.7. The average Bonchev–Trinajstić information content (AvgIpc) is 2.96. The summed E-state index contributed by atoms with van der Waals surface area (Å²) in [5.41, 5.74) is 1.13. The van der Waals surface area contributed by atoms with E-state index >= 15 is 0 Å². The van der Waals surface area contributed by atoms with Crippen molar-refractivity contribution in [1.29, 1.82) is 0 Å².